The van der Waals surface area contributed by atoms with Crippen molar-refractivity contribution >= 4 is 17.7 Å². The van der Waals surface area contributed by atoms with Gasteiger partial charge >= 0.3 is 0 Å². The molecule has 2 rings (SSSR count). The highest BCUT2D eigenvalue weighted by molar-refractivity contribution is 8.00. The van der Waals surface area contributed by atoms with E-state index in [1.807, 2.05) is 45.9 Å². The Labute approximate surface area is 158 Å². The smallest absolute Gasteiger partial charge is 0.234 e. The van der Waals surface area contributed by atoms with Crippen molar-refractivity contribution in [2.75, 3.05) is 0 Å². The van der Waals surface area contributed by atoms with Gasteiger partial charge in [0.15, 0.2) is 0 Å². The molecule has 0 fully saturated rings. The molecule has 26 heavy (non-hydrogen) atoms. The molecule has 1 heterocycles. The number of carbonyl (C=O) groups excluding carboxylic acids is 1. The van der Waals surface area contributed by atoms with E-state index in [1.54, 1.807) is 18.5 Å². The third kappa shape index (κ3) is 4.05. The second-order valence-corrected chi connectivity index (χ2v) is 8.12. The van der Waals surface area contributed by atoms with Crippen molar-refractivity contribution in [3.05, 3.63) is 29.3 Å². The van der Waals surface area contributed by atoms with Gasteiger partial charge in [-0.2, -0.15) is 9.94 Å². The number of nitrogens with one attached hydrogen (secondary N) is 1. The molecule has 0 radical (unpaired) electrons. The Bertz CT molecular complexity index is 840. The zero-order valence-corrected chi connectivity index (χ0v) is 16.8. The van der Waals surface area contributed by atoms with Crippen molar-refractivity contribution in [1.29, 1.82) is 5.26 Å². The number of amides is 1. The summed E-state index contributed by atoms with van der Waals surface area (Å²) in [6.07, 6.45) is 0. The van der Waals surface area contributed by atoms with Crippen LogP contribution < -0.4 is 5.32 Å². The number of thioether (sulfide) groups is 1. The van der Waals surface area contributed by atoms with E-state index in [0.29, 0.717) is 5.16 Å². The maximum atomic E-state index is 12.6. The molecular formula is C18H24N6OS. The first-order valence-corrected chi connectivity index (χ1v) is 9.32. The van der Waals surface area contributed by atoms with Crippen LogP contribution in [0.2, 0.25) is 0 Å². The summed E-state index contributed by atoms with van der Waals surface area (Å²) in [4.78, 5) is 12.6. The molecule has 0 saturated heterocycles. The normalized spacial score (nSPS) is 14.5. The fourth-order valence-electron chi connectivity index (χ4n) is 2.24. The number of tetrazole rings is 1. The van der Waals surface area contributed by atoms with Crippen molar-refractivity contribution in [1.82, 2.24) is 25.5 Å². The molecule has 2 aromatic rings. The van der Waals surface area contributed by atoms with Gasteiger partial charge in [-0.25, -0.2) is 0 Å². The number of nitrogens with zero attached hydrogens (tertiary/aromatic N) is 5. The summed E-state index contributed by atoms with van der Waals surface area (Å²) in [5.74, 6) is -0.225. The molecule has 1 aromatic carbocycles. The molecule has 0 spiro atoms. The van der Waals surface area contributed by atoms with Crippen LogP contribution in [0.1, 0.15) is 38.8 Å². The van der Waals surface area contributed by atoms with Crippen molar-refractivity contribution < 1.29 is 4.79 Å². The Balaban J connectivity index is 2.20. The molecule has 138 valence electrons. The highest BCUT2D eigenvalue weighted by Gasteiger charge is 2.32. The minimum atomic E-state index is -0.912. The highest BCUT2D eigenvalue weighted by Crippen LogP contribution is 2.26. The molecule has 2 unspecified atom stereocenters. The van der Waals surface area contributed by atoms with Crippen LogP contribution in [0.15, 0.2) is 23.4 Å². The van der Waals surface area contributed by atoms with Crippen LogP contribution in [0, 0.1) is 31.1 Å². The number of benzene rings is 1. The van der Waals surface area contributed by atoms with Gasteiger partial charge in [-0.1, -0.05) is 37.7 Å². The van der Waals surface area contributed by atoms with E-state index >= 15 is 0 Å². The molecule has 0 aliphatic rings. The number of hydrogen-bond donors (Lipinski definition) is 1. The van der Waals surface area contributed by atoms with Crippen molar-refractivity contribution in [3.8, 4) is 11.8 Å². The van der Waals surface area contributed by atoms with E-state index in [9.17, 15) is 10.1 Å². The third-order valence-electron chi connectivity index (χ3n) is 4.67. The Hall–Kier alpha value is -2.40. The van der Waals surface area contributed by atoms with Crippen molar-refractivity contribution in [2.24, 2.45) is 5.92 Å². The number of nitriles is 1. The summed E-state index contributed by atoms with van der Waals surface area (Å²) in [6.45, 7) is 11.4. The summed E-state index contributed by atoms with van der Waals surface area (Å²) in [5.41, 5.74) is 2.19. The van der Waals surface area contributed by atoms with Gasteiger partial charge in [0.2, 0.25) is 11.1 Å². The first-order chi connectivity index (χ1) is 12.2. The van der Waals surface area contributed by atoms with Crippen molar-refractivity contribution in [2.45, 2.75) is 57.5 Å². The summed E-state index contributed by atoms with van der Waals surface area (Å²) in [7, 11) is 0. The standard InChI is InChI=1S/C18H24N6OS/c1-11(2)18(6,10-19)20-16(25)14(5)26-17-21-22-23-24(17)15-9-7-8-12(3)13(15)4/h7-9,11,14H,1-6H3,(H,20,25). The van der Waals surface area contributed by atoms with Crippen LogP contribution in [0.4, 0.5) is 0 Å². The zero-order chi connectivity index (χ0) is 19.5. The fourth-order valence-corrected chi connectivity index (χ4v) is 3.04. The molecule has 1 amide bonds. The molecule has 7 nitrogen and oxygen atoms in total. The van der Waals surface area contributed by atoms with Gasteiger partial charge in [0, 0.05) is 0 Å². The summed E-state index contributed by atoms with van der Waals surface area (Å²) >= 11 is 1.26. The third-order valence-corrected chi connectivity index (χ3v) is 5.70. The SMILES string of the molecule is Cc1cccc(-n2nnnc2SC(C)C(=O)NC(C)(C#N)C(C)C)c1C. The van der Waals surface area contributed by atoms with E-state index in [2.05, 4.69) is 26.9 Å². The Morgan fingerprint density at radius 3 is 2.65 bits per heavy atom. The molecular weight excluding hydrogens is 348 g/mol. The van der Waals surface area contributed by atoms with Gasteiger partial charge in [0.05, 0.1) is 17.0 Å². The fraction of sp³-hybridized carbons (Fsp3) is 0.500. The average molecular weight is 372 g/mol. The van der Waals surface area contributed by atoms with Crippen LogP contribution in [0.25, 0.3) is 5.69 Å². The maximum Gasteiger partial charge on any atom is 0.234 e. The molecule has 0 aliphatic carbocycles. The lowest BCUT2D eigenvalue weighted by Gasteiger charge is -2.28. The van der Waals surface area contributed by atoms with Gasteiger partial charge in [0.1, 0.15) is 5.54 Å². The second-order valence-electron chi connectivity index (χ2n) is 6.81. The number of rotatable bonds is 6. The molecule has 2 atom stereocenters. The van der Waals surface area contributed by atoms with Crippen LogP contribution in [0.5, 0.6) is 0 Å². The molecule has 0 saturated carbocycles. The first kappa shape index (κ1) is 19.9. The predicted octanol–water partition coefficient (Wildman–Crippen LogP) is 2.81. The lowest BCUT2D eigenvalue weighted by molar-refractivity contribution is -0.121. The molecule has 8 heteroatoms. The Morgan fingerprint density at radius 1 is 1.35 bits per heavy atom. The minimum absolute atomic E-state index is 0.00564. The largest absolute Gasteiger partial charge is 0.337 e. The number of aryl methyl sites for hydroxylation is 1. The van der Waals surface area contributed by atoms with Gasteiger partial charge in [0.25, 0.3) is 0 Å². The van der Waals surface area contributed by atoms with Gasteiger partial charge < -0.3 is 5.32 Å². The first-order valence-electron chi connectivity index (χ1n) is 8.44. The monoisotopic (exact) mass is 372 g/mol. The zero-order valence-electron chi connectivity index (χ0n) is 15.9. The average Bonchev–Trinajstić information content (AvgIpc) is 3.04. The lowest BCUT2D eigenvalue weighted by atomic mass is 9.90. The Kier molecular flexibility index (Phi) is 6.03. The van der Waals surface area contributed by atoms with Crippen LogP contribution in [-0.2, 0) is 4.79 Å². The van der Waals surface area contributed by atoms with Crippen LogP contribution in [-0.4, -0.2) is 36.9 Å². The number of aromatic nitrogens is 4. The van der Waals surface area contributed by atoms with E-state index in [1.165, 1.54) is 11.8 Å². The molecule has 1 aromatic heterocycles. The second kappa shape index (κ2) is 7.87. The number of carbonyl (C=O) groups is 1. The topological polar surface area (TPSA) is 96.5 Å². The van der Waals surface area contributed by atoms with E-state index in [-0.39, 0.29) is 11.8 Å². The van der Waals surface area contributed by atoms with E-state index < -0.39 is 10.8 Å². The quantitative estimate of drug-likeness (QED) is 0.783. The highest BCUT2D eigenvalue weighted by atomic mass is 32.2. The van der Waals surface area contributed by atoms with E-state index in [4.69, 9.17) is 0 Å². The van der Waals surface area contributed by atoms with Crippen LogP contribution >= 0.6 is 11.8 Å². The van der Waals surface area contributed by atoms with Gasteiger partial charge in [-0.15, -0.1) is 5.10 Å². The summed E-state index contributed by atoms with van der Waals surface area (Å²) < 4.78 is 1.64. The molecule has 0 aliphatic heterocycles. The number of hydrogen-bond acceptors (Lipinski definition) is 6. The van der Waals surface area contributed by atoms with Crippen molar-refractivity contribution in [3.63, 3.8) is 0 Å². The van der Waals surface area contributed by atoms with Gasteiger partial charge in [-0.05, 0) is 61.2 Å². The minimum Gasteiger partial charge on any atom is -0.337 e. The van der Waals surface area contributed by atoms with Gasteiger partial charge in [-0.3, -0.25) is 4.79 Å². The van der Waals surface area contributed by atoms with E-state index in [0.717, 1.165) is 16.8 Å². The van der Waals surface area contributed by atoms with Crippen LogP contribution in [0.3, 0.4) is 0 Å². The lowest BCUT2D eigenvalue weighted by Crippen LogP contribution is -2.51. The molecule has 0 bridgehead atoms. The summed E-state index contributed by atoms with van der Waals surface area (Å²) in [6, 6.07) is 8.11. The summed E-state index contributed by atoms with van der Waals surface area (Å²) in [5, 5.41) is 24.2. The predicted molar refractivity (Wildman–Crippen MR) is 101 cm³/mol. The maximum absolute atomic E-state index is 12.6. The molecule has 1 N–H and O–H groups in total. The Morgan fingerprint density at radius 2 is 2.04 bits per heavy atom.